The van der Waals surface area contributed by atoms with Crippen LogP contribution in [0.3, 0.4) is 0 Å². The normalized spacial score (nSPS) is 11.3. The number of rotatable bonds is 2. The van der Waals surface area contributed by atoms with Gasteiger partial charge in [0.05, 0.1) is 15.0 Å². The zero-order valence-electron chi connectivity index (χ0n) is 8.27. The topological polar surface area (TPSA) is 29.1 Å². The Kier molecular flexibility index (Phi) is 4.20. The van der Waals surface area contributed by atoms with E-state index >= 15 is 0 Å². The van der Waals surface area contributed by atoms with E-state index in [4.69, 9.17) is 11.6 Å². The van der Waals surface area contributed by atoms with Crippen LogP contribution in [-0.4, -0.2) is 10.2 Å². The van der Waals surface area contributed by atoms with Crippen LogP contribution < -0.4 is 5.32 Å². The monoisotopic (exact) mass is 353 g/mol. The van der Waals surface area contributed by atoms with Gasteiger partial charge in [-0.15, -0.1) is 0 Å². The number of carbonyl (C=O) groups excluding carboxylic acids is 1. The van der Waals surface area contributed by atoms with E-state index < -0.39 is 4.32 Å². The minimum Gasteiger partial charge on any atom is -0.324 e. The second-order valence-corrected chi connectivity index (χ2v) is 6.86. The van der Waals surface area contributed by atoms with Crippen LogP contribution in [0.5, 0.6) is 0 Å². The molecule has 1 aromatic carbocycles. The van der Waals surface area contributed by atoms with Crippen LogP contribution in [0.15, 0.2) is 22.7 Å². The molecule has 0 saturated heterocycles. The van der Waals surface area contributed by atoms with Gasteiger partial charge < -0.3 is 5.32 Å². The Balaban J connectivity index is 2.87. The molecule has 15 heavy (non-hydrogen) atoms. The first-order valence-corrected chi connectivity index (χ1v) is 6.22. The predicted octanol–water partition coefficient (Wildman–Crippen LogP) is 4.21. The quantitative estimate of drug-likeness (QED) is 0.791. The highest BCUT2D eigenvalue weighted by molar-refractivity contribution is 9.10. The molecule has 0 saturated carbocycles. The first-order chi connectivity index (χ1) is 6.80. The summed E-state index contributed by atoms with van der Waals surface area (Å²) in [6.45, 7) is 3.55. The molecule has 0 spiro atoms. The molecule has 5 heteroatoms. The third kappa shape index (κ3) is 3.78. The maximum absolute atomic E-state index is 11.6. The Hall–Kier alpha value is -0.0600. The molecule has 1 N–H and O–H groups in total. The SMILES string of the molecule is CC(C)(Br)C(=O)Nc1ccc(Br)cc1Cl. The average Bonchev–Trinajstić information content (AvgIpc) is 2.08. The Morgan fingerprint density at radius 2 is 2.07 bits per heavy atom. The van der Waals surface area contributed by atoms with E-state index in [1.165, 1.54) is 0 Å². The largest absolute Gasteiger partial charge is 0.324 e. The summed E-state index contributed by atoms with van der Waals surface area (Å²) >= 11 is 12.5. The summed E-state index contributed by atoms with van der Waals surface area (Å²) in [5.74, 6) is -0.133. The summed E-state index contributed by atoms with van der Waals surface area (Å²) in [5.41, 5.74) is 0.609. The van der Waals surface area contributed by atoms with E-state index in [1.807, 2.05) is 6.07 Å². The number of halogens is 3. The summed E-state index contributed by atoms with van der Waals surface area (Å²) < 4.78 is 0.271. The van der Waals surface area contributed by atoms with Crippen molar-refractivity contribution < 1.29 is 4.79 Å². The molecule has 0 aliphatic heterocycles. The van der Waals surface area contributed by atoms with Crippen LogP contribution >= 0.6 is 43.5 Å². The molecule has 0 radical (unpaired) electrons. The molecule has 82 valence electrons. The fourth-order valence-corrected chi connectivity index (χ4v) is 1.68. The number of benzene rings is 1. The van der Waals surface area contributed by atoms with Crippen LogP contribution in [0.4, 0.5) is 5.69 Å². The number of nitrogens with one attached hydrogen (secondary N) is 1. The lowest BCUT2D eigenvalue weighted by molar-refractivity contribution is -0.117. The highest BCUT2D eigenvalue weighted by Gasteiger charge is 2.24. The number of carbonyl (C=O) groups is 1. The smallest absolute Gasteiger partial charge is 0.240 e. The minimum absolute atomic E-state index is 0.133. The Morgan fingerprint density at radius 1 is 1.47 bits per heavy atom. The lowest BCUT2D eigenvalue weighted by Crippen LogP contribution is -2.31. The van der Waals surface area contributed by atoms with Crippen molar-refractivity contribution in [3.63, 3.8) is 0 Å². The van der Waals surface area contributed by atoms with Gasteiger partial charge in [0.15, 0.2) is 0 Å². The van der Waals surface area contributed by atoms with E-state index in [0.29, 0.717) is 10.7 Å². The van der Waals surface area contributed by atoms with Crippen molar-refractivity contribution in [2.75, 3.05) is 5.32 Å². The summed E-state index contributed by atoms with van der Waals surface area (Å²) in [4.78, 5) is 11.6. The second-order valence-electron chi connectivity index (χ2n) is 3.55. The van der Waals surface area contributed by atoms with Gasteiger partial charge in [0.2, 0.25) is 5.91 Å². The Labute approximate surface area is 111 Å². The van der Waals surface area contributed by atoms with Crippen molar-refractivity contribution in [2.45, 2.75) is 18.2 Å². The molecule has 0 bridgehead atoms. The first kappa shape index (κ1) is 13.0. The Morgan fingerprint density at radius 3 is 2.53 bits per heavy atom. The van der Waals surface area contributed by atoms with Gasteiger partial charge in [-0.2, -0.15) is 0 Å². The summed E-state index contributed by atoms with van der Waals surface area (Å²) in [6.07, 6.45) is 0. The number of alkyl halides is 1. The zero-order valence-corrected chi connectivity index (χ0v) is 12.2. The lowest BCUT2D eigenvalue weighted by Gasteiger charge is -2.16. The number of amides is 1. The van der Waals surface area contributed by atoms with Gasteiger partial charge in [-0.3, -0.25) is 4.79 Å². The zero-order chi connectivity index (χ0) is 11.6. The van der Waals surface area contributed by atoms with Crippen LogP contribution in [0.1, 0.15) is 13.8 Å². The van der Waals surface area contributed by atoms with E-state index in [1.54, 1.807) is 26.0 Å². The van der Waals surface area contributed by atoms with Crippen molar-refractivity contribution in [2.24, 2.45) is 0 Å². The number of hydrogen-bond donors (Lipinski definition) is 1. The molecule has 0 heterocycles. The van der Waals surface area contributed by atoms with Gasteiger partial charge in [0, 0.05) is 4.47 Å². The van der Waals surface area contributed by atoms with Crippen molar-refractivity contribution in [3.05, 3.63) is 27.7 Å². The summed E-state index contributed by atoms with van der Waals surface area (Å²) in [6, 6.07) is 5.31. The molecular weight excluding hydrogens is 345 g/mol. The Bertz CT molecular complexity index is 387. The molecule has 0 aliphatic rings. The van der Waals surface area contributed by atoms with Crippen LogP contribution in [0.2, 0.25) is 5.02 Å². The van der Waals surface area contributed by atoms with Crippen molar-refractivity contribution in [1.29, 1.82) is 0 Å². The fourth-order valence-electron chi connectivity index (χ4n) is 0.862. The molecule has 2 nitrogen and oxygen atoms in total. The van der Waals surface area contributed by atoms with Crippen LogP contribution in [-0.2, 0) is 4.79 Å². The summed E-state index contributed by atoms with van der Waals surface area (Å²) in [7, 11) is 0. The maximum Gasteiger partial charge on any atom is 0.240 e. The molecule has 0 unspecified atom stereocenters. The summed E-state index contributed by atoms with van der Waals surface area (Å²) in [5, 5.41) is 3.25. The average molecular weight is 355 g/mol. The van der Waals surface area contributed by atoms with Gasteiger partial charge in [0.25, 0.3) is 0 Å². The molecule has 0 atom stereocenters. The van der Waals surface area contributed by atoms with E-state index in [-0.39, 0.29) is 5.91 Å². The highest BCUT2D eigenvalue weighted by atomic mass is 79.9. The van der Waals surface area contributed by atoms with Crippen molar-refractivity contribution >= 4 is 55.1 Å². The van der Waals surface area contributed by atoms with Crippen molar-refractivity contribution in [3.8, 4) is 0 Å². The molecule has 0 fully saturated rings. The number of anilines is 1. The molecular formula is C10H10Br2ClNO. The van der Waals surface area contributed by atoms with Crippen LogP contribution in [0.25, 0.3) is 0 Å². The second kappa shape index (κ2) is 4.85. The maximum atomic E-state index is 11.6. The third-order valence-electron chi connectivity index (χ3n) is 1.72. The molecule has 1 aromatic rings. The van der Waals surface area contributed by atoms with Gasteiger partial charge in [0.1, 0.15) is 0 Å². The minimum atomic E-state index is -0.608. The van der Waals surface area contributed by atoms with E-state index in [2.05, 4.69) is 37.2 Å². The van der Waals surface area contributed by atoms with Gasteiger partial charge >= 0.3 is 0 Å². The lowest BCUT2D eigenvalue weighted by atomic mass is 10.2. The van der Waals surface area contributed by atoms with E-state index in [0.717, 1.165) is 4.47 Å². The van der Waals surface area contributed by atoms with Gasteiger partial charge in [-0.05, 0) is 32.0 Å². The molecule has 0 aliphatic carbocycles. The molecule has 0 aromatic heterocycles. The highest BCUT2D eigenvalue weighted by Crippen LogP contribution is 2.27. The molecule has 1 rings (SSSR count). The third-order valence-corrected chi connectivity index (χ3v) is 2.89. The standard InChI is InChI=1S/C10H10Br2ClNO/c1-10(2,12)9(15)14-8-4-3-6(11)5-7(8)13/h3-5H,1-2H3,(H,14,15). The number of hydrogen-bond acceptors (Lipinski definition) is 1. The fraction of sp³-hybridized carbons (Fsp3) is 0.300. The first-order valence-electron chi connectivity index (χ1n) is 4.26. The van der Waals surface area contributed by atoms with Crippen LogP contribution in [0, 0.1) is 0 Å². The van der Waals surface area contributed by atoms with Gasteiger partial charge in [-0.25, -0.2) is 0 Å². The van der Waals surface area contributed by atoms with Gasteiger partial charge in [-0.1, -0.05) is 43.5 Å². The van der Waals surface area contributed by atoms with Crippen molar-refractivity contribution in [1.82, 2.24) is 0 Å². The van der Waals surface area contributed by atoms with E-state index in [9.17, 15) is 4.79 Å². The molecule has 1 amide bonds. The predicted molar refractivity (Wildman–Crippen MR) is 70.8 cm³/mol.